The first-order valence-electron chi connectivity index (χ1n) is 22.5. The second-order valence-electron chi connectivity index (χ2n) is 14.0. The molecule has 0 bridgehead atoms. The quantitative estimate of drug-likeness (QED) is 0.0655. The Bertz CT molecular complexity index is 409. The first-order chi connectivity index (χ1) is 24.1. The number of nitrogens with zero attached hydrogens (tertiary/aromatic N) is 1. The maximum atomic E-state index is 8.42. The van der Waals surface area contributed by atoms with E-state index in [0.717, 1.165) is 13.0 Å². The van der Waals surface area contributed by atoms with Crippen LogP contribution in [0, 0.1) is 0 Å². The highest BCUT2D eigenvalue weighted by Crippen LogP contribution is 2.09. The van der Waals surface area contributed by atoms with E-state index in [-0.39, 0.29) is 1.43 Å². The van der Waals surface area contributed by atoms with Crippen molar-refractivity contribution in [2.45, 2.75) is 248 Å². The zero-order chi connectivity index (χ0) is 37.7. The van der Waals surface area contributed by atoms with Gasteiger partial charge in [-0.15, -0.1) is 0 Å². The van der Waals surface area contributed by atoms with Gasteiger partial charge in [0.2, 0.25) is 0 Å². The summed E-state index contributed by atoms with van der Waals surface area (Å²) in [5.41, 5.74) is 4.50. The van der Waals surface area contributed by atoms with Crippen molar-refractivity contribution < 1.29 is 11.3 Å². The van der Waals surface area contributed by atoms with Crippen molar-refractivity contribution in [3.63, 3.8) is 0 Å². The molecule has 0 atom stereocenters. The van der Waals surface area contributed by atoms with E-state index >= 15 is 0 Å². The highest BCUT2D eigenvalue weighted by Gasteiger charge is 2.03. The van der Waals surface area contributed by atoms with Gasteiger partial charge >= 0.3 is 0 Å². The Hall–Kier alpha value is -0.160. The lowest BCUT2D eigenvalue weighted by atomic mass is 10.1. The highest BCUT2D eigenvalue weighted by molar-refractivity contribution is 4.58. The largest absolute Gasteiger partial charge is 0.396 e. The Morgan fingerprint density at radius 2 is 0.633 bits per heavy atom. The molecule has 0 saturated carbocycles. The molecule has 0 rings (SSSR count). The number of rotatable bonds is 34. The molecule has 0 spiro atoms. The van der Waals surface area contributed by atoms with Gasteiger partial charge in [0.15, 0.2) is 0 Å². The molecule has 0 aliphatic heterocycles. The van der Waals surface area contributed by atoms with Gasteiger partial charge in [0.1, 0.15) is 0 Å². The van der Waals surface area contributed by atoms with E-state index in [1.807, 2.05) is 0 Å². The maximum Gasteiger partial charge on any atom is 0.0462 e. The molecule has 3 N–H and O–H groups in total. The van der Waals surface area contributed by atoms with Crippen molar-refractivity contribution in [3.8, 4) is 0 Å². The van der Waals surface area contributed by atoms with Crippen LogP contribution in [0.3, 0.4) is 0 Å². The van der Waals surface area contributed by atoms with Crippen LogP contribution >= 0.6 is 0 Å². The summed E-state index contributed by atoms with van der Waals surface area (Å²) < 4.78 is 4.97. The predicted molar refractivity (Wildman–Crippen MR) is 230 cm³/mol. The molecule has 4 nitrogen and oxygen atoms in total. The smallest absolute Gasteiger partial charge is 0.0462 e. The molecule has 0 aromatic heterocycles. The van der Waals surface area contributed by atoms with Crippen molar-refractivity contribution in [2.24, 2.45) is 5.73 Å². The van der Waals surface area contributed by atoms with Crippen molar-refractivity contribution in [3.05, 3.63) is 0 Å². The van der Waals surface area contributed by atoms with Gasteiger partial charge in [-0.05, 0) is 58.8 Å². The van der Waals surface area contributed by atoms with Crippen LogP contribution in [-0.4, -0.2) is 57.0 Å². The van der Waals surface area contributed by atoms with Crippen molar-refractivity contribution >= 4 is 0 Å². The third kappa shape index (κ3) is 74.1. The zero-order valence-electron chi connectivity index (χ0n) is 36.3. The predicted octanol–water partition coefficient (Wildman–Crippen LogP) is 14.9. The third-order valence-electron chi connectivity index (χ3n) is 8.87. The lowest BCUT2D eigenvalue weighted by molar-refractivity contribution is 0.192. The molecule has 4 heteroatoms. The Labute approximate surface area is 315 Å². The number of methoxy groups -OCH3 is 1. The normalized spacial score (nSPS) is 10.3. The van der Waals surface area contributed by atoms with Crippen LogP contribution in [0.1, 0.15) is 249 Å². The Morgan fingerprint density at radius 3 is 0.898 bits per heavy atom. The van der Waals surface area contributed by atoms with Gasteiger partial charge in [-0.25, -0.2) is 0 Å². The van der Waals surface area contributed by atoms with Gasteiger partial charge in [0.25, 0.3) is 0 Å². The topological polar surface area (TPSA) is 58.7 Å². The monoisotopic (exact) mass is 705 g/mol. The van der Waals surface area contributed by atoms with Crippen LogP contribution < -0.4 is 5.73 Å². The zero-order valence-corrected chi connectivity index (χ0v) is 36.3. The van der Waals surface area contributed by atoms with Crippen LogP contribution in [0.25, 0.3) is 0 Å². The van der Waals surface area contributed by atoms with Crippen molar-refractivity contribution in [2.75, 3.05) is 47.0 Å². The van der Waals surface area contributed by atoms with Gasteiger partial charge in [-0.1, -0.05) is 215 Å². The fourth-order valence-corrected chi connectivity index (χ4v) is 5.66. The fraction of sp³-hybridized carbons (Fsp3) is 1.00. The number of ether oxygens (including phenoxy) is 1. The molecule has 0 unspecified atom stereocenters. The lowest BCUT2D eigenvalue weighted by Gasteiger charge is -2.21. The highest BCUT2D eigenvalue weighted by atomic mass is 16.5. The molecule has 0 radical (unpaired) electrons. The first kappa shape index (κ1) is 58.2. The number of unbranched alkanes of at least 4 members (excludes halogenated alkanes) is 25. The lowest BCUT2D eigenvalue weighted by Crippen LogP contribution is -2.27. The summed E-state index contributed by atoms with van der Waals surface area (Å²) in [5, 5.41) is 8.42. The van der Waals surface area contributed by atoms with Gasteiger partial charge in [0, 0.05) is 21.8 Å². The summed E-state index contributed by atoms with van der Waals surface area (Å²) in [6.07, 6.45) is 42.5. The minimum absolute atomic E-state index is 0. The molecule has 49 heavy (non-hydrogen) atoms. The average Bonchev–Trinajstić information content (AvgIpc) is 3.12. The summed E-state index contributed by atoms with van der Waals surface area (Å²) in [7, 11) is 3.27. The minimum atomic E-state index is 0. The van der Waals surface area contributed by atoms with Crippen molar-refractivity contribution in [1.82, 2.24) is 4.90 Å². The number of hydrogen-bond acceptors (Lipinski definition) is 4. The Morgan fingerprint density at radius 1 is 0.367 bits per heavy atom. The molecule has 0 amide bonds. The summed E-state index contributed by atoms with van der Waals surface area (Å²) in [5.74, 6) is 0. The van der Waals surface area contributed by atoms with Gasteiger partial charge in [-0.2, -0.15) is 0 Å². The van der Waals surface area contributed by atoms with Crippen LogP contribution in [0.5, 0.6) is 0 Å². The SMILES string of the molecule is CCCCCCCCC.CCCCCCCCCOC.CCCCCCCCO.CCCCCCCN(CCC)CCCCCCC.CN.[HH]. The number of nitrogens with two attached hydrogens (primary N) is 1. The van der Waals surface area contributed by atoms with E-state index in [9.17, 15) is 0 Å². The molecule has 0 saturated heterocycles. The molecule has 0 heterocycles. The van der Waals surface area contributed by atoms with E-state index in [1.54, 1.807) is 7.11 Å². The van der Waals surface area contributed by atoms with Crippen LogP contribution in [0.2, 0.25) is 0 Å². The Balaban J connectivity index is -0.000000132. The molecular formula is C45H104N2O2. The number of aliphatic hydroxyl groups is 1. The van der Waals surface area contributed by atoms with Gasteiger partial charge in [0.05, 0.1) is 0 Å². The van der Waals surface area contributed by atoms with Gasteiger partial charge in [-0.3, -0.25) is 0 Å². The molecule has 0 aliphatic carbocycles. The average molecular weight is 705 g/mol. The van der Waals surface area contributed by atoms with E-state index in [1.165, 1.54) is 219 Å². The maximum absolute atomic E-state index is 8.42. The Kier molecular flexibility index (Phi) is 78.5. The third-order valence-corrected chi connectivity index (χ3v) is 8.87. The molecular weight excluding hydrogens is 601 g/mol. The van der Waals surface area contributed by atoms with Gasteiger partial charge < -0.3 is 20.5 Å². The summed E-state index contributed by atoms with van der Waals surface area (Å²) >= 11 is 0. The second kappa shape index (κ2) is 66.1. The van der Waals surface area contributed by atoms with E-state index in [2.05, 4.69) is 59.1 Å². The van der Waals surface area contributed by atoms with Crippen LogP contribution in [0.15, 0.2) is 0 Å². The molecule has 0 aromatic carbocycles. The summed E-state index contributed by atoms with van der Waals surface area (Å²) in [6, 6.07) is 0. The molecule has 306 valence electrons. The minimum Gasteiger partial charge on any atom is -0.396 e. The van der Waals surface area contributed by atoms with E-state index in [0.29, 0.717) is 6.61 Å². The molecule has 0 fully saturated rings. The van der Waals surface area contributed by atoms with E-state index < -0.39 is 0 Å². The summed E-state index contributed by atoms with van der Waals surface area (Å²) in [4.78, 5) is 2.69. The molecule has 0 aromatic rings. The van der Waals surface area contributed by atoms with Crippen LogP contribution in [-0.2, 0) is 4.74 Å². The second-order valence-corrected chi connectivity index (χ2v) is 14.0. The standard InChI is InChI=1S/C17H37N.C10H22O.C9H20.C8H18O.CH5N.H2/c1-4-7-9-11-13-16-18(15-6-3)17-14-12-10-8-5-2;1-3-4-5-6-7-8-9-10-11-2;1-3-5-7-9-8-6-4-2;1-2-3-4-5-6-7-8-9;1-2;/h4-17H2,1-3H3;3-10H2,1-2H3;3-9H2,1-2H3;9H,2-8H2,1H3;2H2,1H3;1H. The molecule has 0 aliphatic rings. The number of hydrogen-bond donors (Lipinski definition) is 2. The van der Waals surface area contributed by atoms with Crippen LogP contribution in [0.4, 0.5) is 0 Å². The summed E-state index contributed by atoms with van der Waals surface area (Å²) in [6.45, 7) is 21.2. The fourth-order valence-electron chi connectivity index (χ4n) is 5.66. The first-order valence-corrected chi connectivity index (χ1v) is 22.5. The van der Waals surface area contributed by atoms with E-state index in [4.69, 9.17) is 9.84 Å². The van der Waals surface area contributed by atoms with Crippen molar-refractivity contribution in [1.29, 1.82) is 0 Å². The number of aliphatic hydroxyl groups excluding tert-OH is 1.